The predicted octanol–water partition coefficient (Wildman–Crippen LogP) is 0.472. The van der Waals surface area contributed by atoms with Crippen LogP contribution in [0.2, 0.25) is 0 Å². The van der Waals surface area contributed by atoms with Gasteiger partial charge in [-0.2, -0.15) is 5.10 Å². The summed E-state index contributed by atoms with van der Waals surface area (Å²) in [5.74, 6) is -0.134. The lowest BCUT2D eigenvalue weighted by atomic mass is 10.3. The Kier molecular flexibility index (Phi) is 2.55. The van der Waals surface area contributed by atoms with E-state index in [4.69, 9.17) is 5.73 Å². The van der Waals surface area contributed by atoms with E-state index in [2.05, 4.69) is 10.2 Å². The van der Waals surface area contributed by atoms with Crippen molar-refractivity contribution < 1.29 is 4.79 Å². The second kappa shape index (κ2) is 3.47. The normalized spacial score (nSPS) is 10.5. The van der Waals surface area contributed by atoms with Gasteiger partial charge in [-0.1, -0.05) is 0 Å². The maximum atomic E-state index is 11.6. The van der Waals surface area contributed by atoms with Gasteiger partial charge in [-0.25, -0.2) is 0 Å². The molecule has 0 radical (unpaired) electrons. The third kappa shape index (κ3) is 1.80. The number of H-pyrrole nitrogens is 1. The first-order valence-corrected chi connectivity index (χ1v) is 4.10. The van der Waals surface area contributed by atoms with Crippen LogP contribution in [0.4, 0.5) is 5.69 Å². The van der Waals surface area contributed by atoms with Crippen molar-refractivity contribution in [1.82, 2.24) is 15.1 Å². The van der Waals surface area contributed by atoms with E-state index in [-0.39, 0.29) is 11.9 Å². The molecule has 13 heavy (non-hydrogen) atoms. The number of amides is 1. The first kappa shape index (κ1) is 9.57. The molecular weight excluding hydrogens is 168 g/mol. The number of hydrogen-bond donors (Lipinski definition) is 2. The van der Waals surface area contributed by atoms with Crippen molar-refractivity contribution >= 4 is 11.6 Å². The zero-order valence-electron chi connectivity index (χ0n) is 8.03. The number of rotatable bonds is 2. The Hall–Kier alpha value is -1.52. The molecule has 5 heteroatoms. The second-order valence-electron chi connectivity index (χ2n) is 3.21. The quantitative estimate of drug-likeness (QED) is 0.698. The van der Waals surface area contributed by atoms with Gasteiger partial charge in [0.25, 0.3) is 5.91 Å². The van der Waals surface area contributed by atoms with Crippen molar-refractivity contribution in [3.8, 4) is 0 Å². The number of aromatic amines is 1. The molecule has 0 spiro atoms. The number of nitrogens with two attached hydrogens (primary N) is 1. The summed E-state index contributed by atoms with van der Waals surface area (Å²) in [6.45, 7) is 3.87. The summed E-state index contributed by atoms with van der Waals surface area (Å²) in [4.78, 5) is 13.2. The first-order valence-electron chi connectivity index (χ1n) is 4.10. The SMILES string of the molecule is CC(C)N(C)C(=O)c1[nH]ncc1N. The molecule has 0 aromatic carbocycles. The standard InChI is InChI=1S/C8H14N4O/c1-5(2)12(3)8(13)7-6(9)4-10-11-7/h4-5H,9H2,1-3H3,(H,10,11). The summed E-state index contributed by atoms with van der Waals surface area (Å²) in [6.07, 6.45) is 1.43. The molecule has 1 rings (SSSR count). The van der Waals surface area contributed by atoms with E-state index in [0.29, 0.717) is 11.4 Å². The number of carbonyl (C=O) groups excluding carboxylic acids is 1. The van der Waals surface area contributed by atoms with E-state index >= 15 is 0 Å². The Labute approximate surface area is 76.9 Å². The minimum Gasteiger partial charge on any atom is -0.396 e. The summed E-state index contributed by atoms with van der Waals surface area (Å²) in [6, 6.07) is 0.148. The first-order chi connectivity index (χ1) is 6.04. The van der Waals surface area contributed by atoms with Gasteiger partial charge in [0.2, 0.25) is 0 Å². The van der Waals surface area contributed by atoms with E-state index in [1.54, 1.807) is 11.9 Å². The van der Waals surface area contributed by atoms with Gasteiger partial charge in [0.05, 0.1) is 11.9 Å². The number of nitrogens with one attached hydrogen (secondary N) is 1. The largest absolute Gasteiger partial charge is 0.396 e. The molecule has 5 nitrogen and oxygen atoms in total. The molecule has 0 saturated heterocycles. The number of anilines is 1. The van der Waals surface area contributed by atoms with E-state index in [9.17, 15) is 4.79 Å². The highest BCUT2D eigenvalue weighted by atomic mass is 16.2. The highest BCUT2D eigenvalue weighted by Crippen LogP contribution is 2.10. The zero-order chi connectivity index (χ0) is 10.0. The average molecular weight is 182 g/mol. The fraction of sp³-hybridized carbons (Fsp3) is 0.500. The molecule has 1 amide bonds. The lowest BCUT2D eigenvalue weighted by Gasteiger charge is -2.20. The minimum absolute atomic E-state index is 0.134. The highest BCUT2D eigenvalue weighted by molar-refractivity contribution is 5.96. The van der Waals surface area contributed by atoms with Gasteiger partial charge < -0.3 is 10.6 Å². The van der Waals surface area contributed by atoms with Crippen LogP contribution in [0.1, 0.15) is 24.3 Å². The predicted molar refractivity (Wildman–Crippen MR) is 50.2 cm³/mol. The lowest BCUT2D eigenvalue weighted by Crippen LogP contribution is -2.33. The molecule has 1 aromatic rings. The minimum atomic E-state index is -0.134. The van der Waals surface area contributed by atoms with Gasteiger partial charge in [0.15, 0.2) is 0 Å². The Morgan fingerprint density at radius 3 is 2.69 bits per heavy atom. The average Bonchev–Trinajstić information content (AvgIpc) is 2.48. The molecule has 0 fully saturated rings. The van der Waals surface area contributed by atoms with Crippen LogP contribution >= 0.6 is 0 Å². The molecule has 0 aliphatic rings. The zero-order valence-corrected chi connectivity index (χ0v) is 8.03. The molecule has 72 valence electrons. The fourth-order valence-corrected chi connectivity index (χ4v) is 0.878. The van der Waals surface area contributed by atoms with Crippen LogP contribution in [-0.2, 0) is 0 Å². The molecule has 0 bridgehead atoms. The molecule has 0 atom stereocenters. The summed E-state index contributed by atoms with van der Waals surface area (Å²) in [5, 5.41) is 6.26. The van der Waals surface area contributed by atoms with Crippen LogP contribution in [0.15, 0.2) is 6.20 Å². The second-order valence-corrected chi connectivity index (χ2v) is 3.21. The summed E-state index contributed by atoms with van der Waals surface area (Å²) >= 11 is 0. The smallest absolute Gasteiger partial charge is 0.273 e. The van der Waals surface area contributed by atoms with E-state index in [1.165, 1.54) is 6.20 Å². The molecule has 0 saturated carbocycles. The van der Waals surface area contributed by atoms with Crippen LogP contribution in [-0.4, -0.2) is 34.1 Å². The van der Waals surface area contributed by atoms with Crippen molar-refractivity contribution in [2.24, 2.45) is 0 Å². The summed E-state index contributed by atoms with van der Waals surface area (Å²) in [5.41, 5.74) is 6.28. The van der Waals surface area contributed by atoms with Crippen LogP contribution < -0.4 is 5.73 Å². The Balaban J connectivity index is 2.86. The molecular formula is C8H14N4O. The highest BCUT2D eigenvalue weighted by Gasteiger charge is 2.17. The van der Waals surface area contributed by atoms with Gasteiger partial charge in [0, 0.05) is 13.1 Å². The van der Waals surface area contributed by atoms with Crippen LogP contribution in [0.5, 0.6) is 0 Å². The molecule has 1 heterocycles. The maximum Gasteiger partial charge on any atom is 0.273 e. The lowest BCUT2D eigenvalue weighted by molar-refractivity contribution is 0.0750. The fourth-order valence-electron chi connectivity index (χ4n) is 0.878. The summed E-state index contributed by atoms with van der Waals surface area (Å²) in [7, 11) is 1.73. The van der Waals surface area contributed by atoms with E-state index < -0.39 is 0 Å². The van der Waals surface area contributed by atoms with Gasteiger partial charge in [-0.3, -0.25) is 9.89 Å². The Morgan fingerprint density at radius 2 is 2.31 bits per heavy atom. The topological polar surface area (TPSA) is 75.0 Å². The Bertz CT molecular complexity index is 305. The molecule has 0 unspecified atom stereocenters. The van der Waals surface area contributed by atoms with Gasteiger partial charge in [-0.15, -0.1) is 0 Å². The summed E-state index contributed by atoms with van der Waals surface area (Å²) < 4.78 is 0. The van der Waals surface area contributed by atoms with Crippen LogP contribution in [0.25, 0.3) is 0 Å². The number of nitrogens with zero attached hydrogens (tertiary/aromatic N) is 2. The van der Waals surface area contributed by atoms with Crippen LogP contribution in [0.3, 0.4) is 0 Å². The number of carbonyl (C=O) groups is 1. The van der Waals surface area contributed by atoms with Crippen molar-refractivity contribution in [2.75, 3.05) is 12.8 Å². The van der Waals surface area contributed by atoms with Crippen molar-refractivity contribution in [1.29, 1.82) is 0 Å². The van der Waals surface area contributed by atoms with Crippen molar-refractivity contribution in [2.45, 2.75) is 19.9 Å². The third-order valence-electron chi connectivity index (χ3n) is 1.98. The molecule has 0 aliphatic heterocycles. The number of hydrogen-bond acceptors (Lipinski definition) is 3. The Morgan fingerprint density at radius 1 is 1.69 bits per heavy atom. The number of aromatic nitrogens is 2. The molecule has 0 aliphatic carbocycles. The van der Waals surface area contributed by atoms with Gasteiger partial charge in [-0.05, 0) is 13.8 Å². The van der Waals surface area contributed by atoms with Gasteiger partial charge >= 0.3 is 0 Å². The van der Waals surface area contributed by atoms with Gasteiger partial charge in [0.1, 0.15) is 5.69 Å². The third-order valence-corrected chi connectivity index (χ3v) is 1.98. The van der Waals surface area contributed by atoms with E-state index in [1.807, 2.05) is 13.8 Å². The van der Waals surface area contributed by atoms with Crippen molar-refractivity contribution in [3.63, 3.8) is 0 Å². The maximum absolute atomic E-state index is 11.6. The number of nitrogen functional groups attached to an aromatic ring is 1. The van der Waals surface area contributed by atoms with E-state index in [0.717, 1.165) is 0 Å². The van der Waals surface area contributed by atoms with Crippen LogP contribution in [0, 0.1) is 0 Å². The molecule has 1 aromatic heterocycles. The molecule has 3 N–H and O–H groups in total. The van der Waals surface area contributed by atoms with Crippen molar-refractivity contribution in [3.05, 3.63) is 11.9 Å². The monoisotopic (exact) mass is 182 g/mol.